The molecule has 2 fully saturated rings. The van der Waals surface area contributed by atoms with Crippen LogP contribution in [0.2, 0.25) is 0 Å². The van der Waals surface area contributed by atoms with E-state index in [9.17, 15) is 13.6 Å². The number of hydrogen-bond donors (Lipinski definition) is 1. The Hall–Kier alpha value is -3.03. The number of nitrogens with zero attached hydrogens (tertiary/aromatic N) is 4. The van der Waals surface area contributed by atoms with Gasteiger partial charge in [-0.05, 0) is 67.9 Å². The summed E-state index contributed by atoms with van der Waals surface area (Å²) in [6.45, 7) is 6.55. The molecule has 1 aliphatic carbocycles. The largest absolute Gasteiger partial charge is 0.357 e. The van der Waals surface area contributed by atoms with Gasteiger partial charge in [0.05, 0.1) is 6.20 Å². The summed E-state index contributed by atoms with van der Waals surface area (Å²) in [6.07, 6.45) is 9.42. The lowest BCUT2D eigenvalue weighted by Crippen LogP contribution is -2.36. The van der Waals surface area contributed by atoms with Gasteiger partial charge in [0.15, 0.2) is 5.65 Å². The normalized spacial score (nSPS) is 22.3. The van der Waals surface area contributed by atoms with E-state index in [1.54, 1.807) is 10.7 Å². The number of fused-ring (bicyclic) bond motifs is 1. The average Bonchev–Trinajstić information content (AvgIpc) is 3.56. The molecule has 3 atom stereocenters. The molecule has 8 heteroatoms. The fourth-order valence-electron chi connectivity index (χ4n) is 4.73. The van der Waals surface area contributed by atoms with E-state index >= 15 is 0 Å². The number of aromatic nitrogens is 3. The van der Waals surface area contributed by atoms with Crippen LogP contribution in [0.1, 0.15) is 56.3 Å². The van der Waals surface area contributed by atoms with Crippen LogP contribution in [0.3, 0.4) is 0 Å². The van der Waals surface area contributed by atoms with Crippen LogP contribution >= 0.6 is 0 Å². The van der Waals surface area contributed by atoms with Crippen molar-refractivity contribution in [3.8, 4) is 0 Å². The predicted molar refractivity (Wildman–Crippen MR) is 124 cm³/mol. The van der Waals surface area contributed by atoms with Crippen LogP contribution in [0.15, 0.2) is 42.7 Å². The highest BCUT2D eigenvalue weighted by Crippen LogP contribution is 2.33. The first-order chi connectivity index (χ1) is 15.9. The quantitative estimate of drug-likeness (QED) is 0.611. The van der Waals surface area contributed by atoms with E-state index < -0.39 is 11.6 Å². The molecule has 0 radical (unpaired) electrons. The van der Waals surface area contributed by atoms with Gasteiger partial charge in [0, 0.05) is 25.3 Å². The molecule has 3 aromatic rings. The Balaban J connectivity index is 0.000000275. The van der Waals surface area contributed by atoms with E-state index in [0.29, 0.717) is 17.1 Å². The van der Waals surface area contributed by atoms with E-state index in [0.717, 1.165) is 55.5 Å². The summed E-state index contributed by atoms with van der Waals surface area (Å²) in [7, 11) is 0. The highest BCUT2D eigenvalue weighted by atomic mass is 19.1. The third-order valence-corrected chi connectivity index (χ3v) is 6.71. The highest BCUT2D eigenvalue weighted by Gasteiger charge is 2.32. The third-order valence-electron chi connectivity index (χ3n) is 6.71. The molecule has 0 spiro atoms. The number of rotatable bonds is 4. The number of halogens is 2. The minimum Gasteiger partial charge on any atom is -0.357 e. The molecule has 1 aromatic carbocycles. The summed E-state index contributed by atoms with van der Waals surface area (Å²) in [5, 5.41) is 7.54. The summed E-state index contributed by atoms with van der Waals surface area (Å²) in [5.41, 5.74) is 1.23. The van der Waals surface area contributed by atoms with Crippen LogP contribution in [0.4, 0.5) is 14.6 Å². The smallest absolute Gasteiger partial charge is 0.256 e. The molecule has 1 N–H and O–H groups in total. The monoisotopic (exact) mass is 455 g/mol. The summed E-state index contributed by atoms with van der Waals surface area (Å²) in [4.78, 5) is 19.8. The Morgan fingerprint density at radius 2 is 1.76 bits per heavy atom. The molecule has 3 unspecified atom stereocenters. The van der Waals surface area contributed by atoms with Crippen LogP contribution in [-0.2, 0) is 0 Å². The predicted octanol–water partition coefficient (Wildman–Crippen LogP) is 4.85. The molecule has 0 bridgehead atoms. The Kier molecular flexibility index (Phi) is 7.20. The minimum atomic E-state index is -0.411. The molecule has 1 aliphatic heterocycles. The summed E-state index contributed by atoms with van der Waals surface area (Å²) < 4.78 is 25.5. The molecule has 1 saturated carbocycles. The van der Waals surface area contributed by atoms with Gasteiger partial charge in [-0.2, -0.15) is 5.10 Å². The maximum atomic E-state index is 12.8. The molecule has 1 amide bonds. The summed E-state index contributed by atoms with van der Waals surface area (Å²) in [6, 6.07) is 6.56. The van der Waals surface area contributed by atoms with Crippen molar-refractivity contribution in [2.45, 2.75) is 52.0 Å². The number of carbonyl (C=O) groups excluding carboxylic acids is 1. The number of benzene rings is 1. The van der Waals surface area contributed by atoms with Crippen molar-refractivity contribution < 1.29 is 13.6 Å². The van der Waals surface area contributed by atoms with Gasteiger partial charge in [-0.3, -0.25) is 4.79 Å². The van der Waals surface area contributed by atoms with E-state index in [2.05, 4.69) is 29.2 Å². The van der Waals surface area contributed by atoms with Crippen molar-refractivity contribution in [3.63, 3.8) is 0 Å². The first-order valence-corrected chi connectivity index (χ1v) is 11.8. The number of hydrogen-bond acceptors (Lipinski definition) is 4. The second-order valence-corrected chi connectivity index (χ2v) is 9.05. The lowest BCUT2D eigenvalue weighted by atomic mass is 10.0. The van der Waals surface area contributed by atoms with Crippen molar-refractivity contribution in [2.75, 3.05) is 18.0 Å². The van der Waals surface area contributed by atoms with E-state index in [1.165, 1.54) is 25.7 Å². The molecule has 6 nitrogen and oxygen atoms in total. The van der Waals surface area contributed by atoms with Gasteiger partial charge in [-0.25, -0.2) is 18.3 Å². The molecule has 1 saturated heterocycles. The summed E-state index contributed by atoms with van der Waals surface area (Å²) >= 11 is 0. The van der Waals surface area contributed by atoms with Gasteiger partial charge in [0.25, 0.3) is 5.91 Å². The van der Waals surface area contributed by atoms with Crippen molar-refractivity contribution >= 4 is 17.4 Å². The van der Waals surface area contributed by atoms with Gasteiger partial charge >= 0.3 is 0 Å². The first kappa shape index (κ1) is 23.1. The lowest BCUT2D eigenvalue weighted by molar-refractivity contribution is 0.0930. The molecular formula is C25H31F2N5O. The van der Waals surface area contributed by atoms with Crippen molar-refractivity contribution in [3.05, 3.63) is 59.9 Å². The molecular weight excluding hydrogens is 424 g/mol. The lowest BCUT2D eigenvalue weighted by Gasteiger charge is -2.17. The maximum Gasteiger partial charge on any atom is 0.256 e. The maximum absolute atomic E-state index is 12.8. The van der Waals surface area contributed by atoms with Crippen LogP contribution < -0.4 is 10.2 Å². The SMILES string of the molecule is CCC1CC(C)C(NC(=O)c2cnn3ccc(N4CCCC4)nc23)C1.Fc1ccc(F)cc1. The van der Waals surface area contributed by atoms with Crippen LogP contribution in [0.5, 0.6) is 0 Å². The van der Waals surface area contributed by atoms with Gasteiger partial charge in [0.1, 0.15) is 23.0 Å². The second-order valence-electron chi connectivity index (χ2n) is 9.05. The Labute approximate surface area is 193 Å². The third kappa shape index (κ3) is 5.49. The Morgan fingerprint density at radius 3 is 2.36 bits per heavy atom. The molecule has 2 aromatic heterocycles. The number of amides is 1. The fraction of sp³-hybridized carbons (Fsp3) is 0.480. The highest BCUT2D eigenvalue weighted by molar-refractivity contribution is 6.00. The van der Waals surface area contributed by atoms with Gasteiger partial charge < -0.3 is 10.2 Å². The average molecular weight is 456 g/mol. The minimum absolute atomic E-state index is 0.0466. The standard InChI is InChI=1S/C19H27N5O.C6H4F2/c1-3-14-10-13(2)16(11-14)21-19(25)15-12-20-24-9-6-17(22-18(15)24)23-7-4-5-8-23;7-5-1-2-6(8)4-3-5/h6,9,12-14,16H,3-5,7-8,10-11H2,1-2H3,(H,21,25);1-4H. The molecule has 2 aliphatic rings. The molecule has 176 valence electrons. The molecule has 3 heterocycles. The van der Waals surface area contributed by atoms with Crippen LogP contribution in [0, 0.1) is 23.5 Å². The van der Waals surface area contributed by atoms with Crippen molar-refractivity contribution in [2.24, 2.45) is 11.8 Å². The number of carbonyl (C=O) groups is 1. The topological polar surface area (TPSA) is 62.5 Å². The zero-order valence-corrected chi connectivity index (χ0v) is 19.2. The Morgan fingerprint density at radius 1 is 1.09 bits per heavy atom. The fourth-order valence-corrected chi connectivity index (χ4v) is 4.73. The van der Waals surface area contributed by atoms with Gasteiger partial charge in [-0.1, -0.05) is 20.3 Å². The van der Waals surface area contributed by atoms with Crippen LogP contribution in [0.25, 0.3) is 5.65 Å². The van der Waals surface area contributed by atoms with E-state index in [1.807, 2.05) is 12.3 Å². The van der Waals surface area contributed by atoms with E-state index in [4.69, 9.17) is 4.98 Å². The molecule has 5 rings (SSSR count). The number of anilines is 1. The second kappa shape index (κ2) is 10.3. The van der Waals surface area contributed by atoms with Gasteiger partial charge in [-0.15, -0.1) is 0 Å². The van der Waals surface area contributed by atoms with Crippen molar-refractivity contribution in [1.82, 2.24) is 19.9 Å². The zero-order chi connectivity index (χ0) is 23.4. The zero-order valence-electron chi connectivity index (χ0n) is 19.2. The van der Waals surface area contributed by atoms with Gasteiger partial charge in [0.2, 0.25) is 0 Å². The van der Waals surface area contributed by atoms with Crippen LogP contribution in [-0.4, -0.2) is 39.6 Å². The first-order valence-electron chi connectivity index (χ1n) is 11.8. The van der Waals surface area contributed by atoms with Crippen molar-refractivity contribution in [1.29, 1.82) is 0 Å². The Bertz CT molecular complexity index is 1060. The molecule has 33 heavy (non-hydrogen) atoms. The number of nitrogens with one attached hydrogen (secondary N) is 1. The summed E-state index contributed by atoms with van der Waals surface area (Å²) in [5.74, 6) is 1.33. The van der Waals surface area contributed by atoms with E-state index in [-0.39, 0.29) is 11.9 Å².